The number of hydrogen-bond donors (Lipinski definition) is 2. The van der Waals surface area contributed by atoms with E-state index in [-0.39, 0.29) is 17.7 Å². The van der Waals surface area contributed by atoms with Crippen molar-refractivity contribution in [2.24, 2.45) is 5.41 Å². The summed E-state index contributed by atoms with van der Waals surface area (Å²) in [6.45, 7) is 7.50. The molecule has 38 heavy (non-hydrogen) atoms. The van der Waals surface area contributed by atoms with E-state index in [0.29, 0.717) is 27.8 Å². The van der Waals surface area contributed by atoms with Crippen molar-refractivity contribution in [1.82, 2.24) is 34.7 Å². The van der Waals surface area contributed by atoms with Gasteiger partial charge in [-0.1, -0.05) is 6.07 Å². The van der Waals surface area contributed by atoms with Crippen molar-refractivity contribution in [3.05, 3.63) is 59.7 Å². The van der Waals surface area contributed by atoms with Gasteiger partial charge >= 0.3 is 0 Å². The molecule has 3 aromatic heterocycles. The lowest BCUT2D eigenvalue weighted by molar-refractivity contribution is -0.0282. The number of aryl methyl sites for hydroxylation is 1. The van der Waals surface area contributed by atoms with Crippen molar-refractivity contribution < 1.29 is 8.78 Å². The van der Waals surface area contributed by atoms with E-state index >= 15 is 0 Å². The van der Waals surface area contributed by atoms with Crippen LogP contribution in [0.1, 0.15) is 43.6 Å². The fourth-order valence-corrected chi connectivity index (χ4v) is 6.35. The summed E-state index contributed by atoms with van der Waals surface area (Å²) in [5.41, 5.74) is 3.01. The van der Waals surface area contributed by atoms with Gasteiger partial charge < -0.3 is 15.2 Å². The van der Waals surface area contributed by atoms with Gasteiger partial charge in [0.05, 0.1) is 11.7 Å². The van der Waals surface area contributed by atoms with Gasteiger partial charge in [0.25, 0.3) is 0 Å². The fourth-order valence-electron chi connectivity index (χ4n) is 6.35. The van der Waals surface area contributed by atoms with E-state index in [1.54, 1.807) is 6.07 Å². The maximum absolute atomic E-state index is 15.0. The minimum Gasteiger partial charge on any atom is -0.325 e. The first-order valence-electron chi connectivity index (χ1n) is 13.3. The Morgan fingerprint density at radius 3 is 2.68 bits per heavy atom. The van der Waals surface area contributed by atoms with E-state index in [0.717, 1.165) is 63.2 Å². The molecule has 0 aliphatic carbocycles. The number of imidazole rings is 1. The molecule has 1 unspecified atom stereocenters. The maximum Gasteiger partial charge on any atom is 0.229 e. The first-order valence-corrected chi connectivity index (χ1v) is 13.3. The molecule has 0 saturated carbocycles. The van der Waals surface area contributed by atoms with Crippen molar-refractivity contribution in [2.75, 3.05) is 31.5 Å². The van der Waals surface area contributed by atoms with Crippen molar-refractivity contribution >= 4 is 22.8 Å². The first-order chi connectivity index (χ1) is 18.5. The molecular weight excluding hydrogens is 486 g/mol. The summed E-state index contributed by atoms with van der Waals surface area (Å²) in [7, 11) is 0. The topological polar surface area (TPSA) is 83.8 Å². The lowest BCUT2D eigenvalue weighted by atomic mass is 9.72. The number of rotatable bonds is 5. The molecule has 10 heteroatoms. The van der Waals surface area contributed by atoms with Crippen LogP contribution in [0.4, 0.5) is 20.5 Å². The Hall–Kier alpha value is -3.50. The Balaban J connectivity index is 1.08. The Morgan fingerprint density at radius 1 is 1.05 bits per heavy atom. The molecular formula is C28H30F2N8. The number of nitrogens with zero attached hydrogens (tertiary/aromatic N) is 6. The van der Waals surface area contributed by atoms with Gasteiger partial charge in [0.1, 0.15) is 22.9 Å². The number of pyridine rings is 1. The second-order valence-corrected chi connectivity index (χ2v) is 11.1. The molecule has 3 aliphatic rings. The average Bonchev–Trinajstić information content (AvgIpc) is 3.46. The third-order valence-electron chi connectivity index (χ3n) is 8.32. The predicted molar refractivity (Wildman–Crippen MR) is 141 cm³/mol. The lowest BCUT2D eigenvalue weighted by Gasteiger charge is -2.52. The predicted octanol–water partition coefficient (Wildman–Crippen LogP) is 4.60. The van der Waals surface area contributed by atoms with Gasteiger partial charge in [0, 0.05) is 43.9 Å². The summed E-state index contributed by atoms with van der Waals surface area (Å²) in [5.74, 6) is 0.527. The molecule has 8 nitrogen and oxygen atoms in total. The van der Waals surface area contributed by atoms with Crippen LogP contribution in [-0.2, 0) is 13.0 Å². The minimum absolute atomic E-state index is 0.0331. The number of halogens is 2. The molecule has 1 atom stereocenters. The zero-order valence-electron chi connectivity index (χ0n) is 21.3. The number of fused-ring (bicyclic) bond motifs is 3. The van der Waals surface area contributed by atoms with Crippen LogP contribution in [0.5, 0.6) is 0 Å². The normalized spacial score (nSPS) is 20.6. The van der Waals surface area contributed by atoms with E-state index in [1.165, 1.54) is 18.9 Å². The van der Waals surface area contributed by atoms with Gasteiger partial charge in [-0.25, -0.2) is 28.7 Å². The summed E-state index contributed by atoms with van der Waals surface area (Å²) in [6.07, 6.45) is 7.24. The maximum atomic E-state index is 15.0. The molecule has 7 rings (SSSR count). The molecule has 2 fully saturated rings. The standard InChI is InChI=1S/C28H30F2N8/c1-17-2-5-24-35-26-20(29)10-19(11-22(26)38(17)24)25-21(30)13-33-27(36-25)34-23-4-3-18(12-32-23)14-37-15-28(16-37)6-8-31-9-7-28/h3-4,10-13,17,31H,2,5-9,14-16H2,1H3,(H,32,33,34,36). The largest absolute Gasteiger partial charge is 0.325 e. The Morgan fingerprint density at radius 2 is 1.89 bits per heavy atom. The van der Waals surface area contributed by atoms with Gasteiger partial charge in [0.2, 0.25) is 5.95 Å². The monoisotopic (exact) mass is 516 g/mol. The molecule has 0 amide bonds. The molecule has 1 spiro atoms. The van der Waals surface area contributed by atoms with Gasteiger partial charge in [-0.15, -0.1) is 0 Å². The number of piperidine rings is 1. The Kier molecular flexibility index (Phi) is 5.63. The number of hydrogen-bond acceptors (Lipinski definition) is 7. The van der Waals surface area contributed by atoms with Crippen molar-refractivity contribution in [3.63, 3.8) is 0 Å². The highest BCUT2D eigenvalue weighted by atomic mass is 19.1. The molecule has 3 aliphatic heterocycles. The van der Waals surface area contributed by atoms with E-state index in [9.17, 15) is 8.78 Å². The molecule has 0 bridgehead atoms. The van der Waals surface area contributed by atoms with Crippen LogP contribution in [0.25, 0.3) is 22.3 Å². The Bertz CT molecular complexity index is 1500. The van der Waals surface area contributed by atoms with Crippen molar-refractivity contribution in [1.29, 1.82) is 0 Å². The van der Waals surface area contributed by atoms with Gasteiger partial charge in [-0.05, 0) is 68.5 Å². The highest BCUT2D eigenvalue weighted by Gasteiger charge is 2.42. The smallest absolute Gasteiger partial charge is 0.229 e. The van der Waals surface area contributed by atoms with Crippen LogP contribution in [0.3, 0.4) is 0 Å². The molecule has 1 aromatic carbocycles. The minimum atomic E-state index is -0.618. The summed E-state index contributed by atoms with van der Waals surface area (Å²) < 4.78 is 31.8. The Labute approximate surface area is 219 Å². The third kappa shape index (κ3) is 4.12. The number of nitrogens with one attached hydrogen (secondary N) is 2. The van der Waals surface area contributed by atoms with E-state index < -0.39 is 11.6 Å². The third-order valence-corrected chi connectivity index (χ3v) is 8.32. The van der Waals surface area contributed by atoms with Crippen LogP contribution in [0, 0.1) is 17.0 Å². The van der Waals surface area contributed by atoms with Crippen LogP contribution < -0.4 is 10.6 Å². The van der Waals surface area contributed by atoms with Crippen LogP contribution in [0.2, 0.25) is 0 Å². The van der Waals surface area contributed by atoms with E-state index in [2.05, 4.69) is 42.4 Å². The second-order valence-electron chi connectivity index (χ2n) is 11.1. The number of anilines is 2. The summed E-state index contributed by atoms with van der Waals surface area (Å²) in [6, 6.07) is 7.20. The van der Waals surface area contributed by atoms with Crippen LogP contribution in [0.15, 0.2) is 36.7 Å². The highest BCUT2D eigenvalue weighted by Crippen LogP contribution is 2.39. The molecule has 196 valence electrons. The van der Waals surface area contributed by atoms with Gasteiger partial charge in [0.15, 0.2) is 11.6 Å². The molecule has 4 aromatic rings. The SMILES string of the molecule is CC1CCc2nc3c(F)cc(-c4nc(Nc5ccc(CN6CC7(CCNCC7)C6)cn5)ncc4F)cc3n21. The summed E-state index contributed by atoms with van der Waals surface area (Å²) in [4.78, 5) is 19.9. The van der Waals surface area contributed by atoms with E-state index in [1.807, 2.05) is 22.9 Å². The van der Waals surface area contributed by atoms with Crippen LogP contribution >= 0.6 is 0 Å². The quantitative estimate of drug-likeness (QED) is 0.401. The number of aromatic nitrogens is 5. The molecule has 6 heterocycles. The van der Waals surface area contributed by atoms with Crippen molar-refractivity contribution in [2.45, 2.75) is 45.2 Å². The average molecular weight is 517 g/mol. The summed E-state index contributed by atoms with van der Waals surface area (Å²) in [5, 5.41) is 6.51. The molecule has 0 radical (unpaired) electrons. The lowest BCUT2D eigenvalue weighted by Crippen LogP contribution is -2.59. The second kappa shape index (κ2) is 9.06. The molecule has 2 N–H and O–H groups in total. The van der Waals surface area contributed by atoms with E-state index in [4.69, 9.17) is 0 Å². The zero-order chi connectivity index (χ0) is 25.9. The van der Waals surface area contributed by atoms with Crippen LogP contribution in [-0.4, -0.2) is 55.6 Å². The van der Waals surface area contributed by atoms with Gasteiger partial charge in [-0.3, -0.25) is 4.90 Å². The van der Waals surface area contributed by atoms with Gasteiger partial charge in [-0.2, -0.15) is 0 Å². The highest BCUT2D eigenvalue weighted by molar-refractivity contribution is 5.83. The first kappa shape index (κ1) is 23.6. The number of likely N-dealkylation sites (tertiary alicyclic amines) is 1. The summed E-state index contributed by atoms with van der Waals surface area (Å²) >= 11 is 0. The van der Waals surface area contributed by atoms with Crippen molar-refractivity contribution in [3.8, 4) is 11.3 Å². The molecule has 2 saturated heterocycles. The fraction of sp³-hybridized carbons (Fsp3) is 0.429. The number of benzene rings is 1. The zero-order valence-corrected chi connectivity index (χ0v) is 21.3.